The van der Waals surface area contributed by atoms with Crippen molar-refractivity contribution in [2.75, 3.05) is 24.2 Å². The highest BCUT2D eigenvalue weighted by atomic mass is 35.5. The molecular formula is C20H24ClN7O3S. The minimum Gasteiger partial charge on any atom is -0.369 e. The van der Waals surface area contributed by atoms with E-state index in [0.717, 1.165) is 29.6 Å². The number of nitro groups is 1. The minimum atomic E-state index is -0.620. The number of benzene rings is 1. The van der Waals surface area contributed by atoms with Crippen LogP contribution in [0.15, 0.2) is 29.6 Å². The van der Waals surface area contributed by atoms with Crippen LogP contribution >= 0.6 is 23.4 Å². The number of nitro benzene ring substituents is 1. The van der Waals surface area contributed by atoms with Crippen LogP contribution in [0, 0.1) is 16.0 Å². The first-order valence-corrected chi connectivity index (χ1v) is 11.5. The van der Waals surface area contributed by atoms with E-state index in [0.29, 0.717) is 23.3 Å². The fraction of sp³-hybridized carbons (Fsp3) is 0.400. The van der Waals surface area contributed by atoms with Crippen LogP contribution < -0.4 is 10.6 Å². The van der Waals surface area contributed by atoms with Crippen molar-refractivity contribution in [1.82, 2.24) is 25.1 Å². The van der Waals surface area contributed by atoms with Gasteiger partial charge in [0.1, 0.15) is 10.8 Å². The first-order valence-electron chi connectivity index (χ1n) is 10.1. The number of carbonyl (C=O) groups excluding carboxylic acids is 1. The molecule has 3 rings (SSSR count). The third-order valence-corrected chi connectivity index (χ3v) is 5.49. The van der Waals surface area contributed by atoms with Crippen LogP contribution in [0.1, 0.15) is 31.1 Å². The molecule has 0 bridgehead atoms. The van der Waals surface area contributed by atoms with Gasteiger partial charge in [0.05, 0.1) is 23.1 Å². The van der Waals surface area contributed by atoms with Gasteiger partial charge >= 0.3 is 0 Å². The minimum absolute atomic E-state index is 0.0168. The second kappa shape index (κ2) is 10.6. The van der Waals surface area contributed by atoms with Crippen molar-refractivity contribution in [2.45, 2.75) is 32.5 Å². The normalized spacial score (nSPS) is 11.2. The Hall–Kier alpha value is -2.92. The molecule has 3 aromatic rings. The number of thioether (sulfide) groups is 1. The smallest absolute Gasteiger partial charge is 0.288 e. The number of rotatable bonds is 10. The number of hydrogen-bond acceptors (Lipinski definition) is 8. The molecule has 0 aliphatic heterocycles. The summed E-state index contributed by atoms with van der Waals surface area (Å²) < 4.78 is 1.71. The van der Waals surface area contributed by atoms with Crippen LogP contribution in [0.2, 0.25) is 5.02 Å². The zero-order chi connectivity index (χ0) is 23.3. The van der Waals surface area contributed by atoms with Gasteiger partial charge in [-0.05, 0) is 23.8 Å². The molecule has 10 nitrogen and oxygen atoms in total. The number of nitrogens with one attached hydrogen (secondary N) is 2. The van der Waals surface area contributed by atoms with Gasteiger partial charge in [-0.3, -0.25) is 14.9 Å². The van der Waals surface area contributed by atoms with Crippen LogP contribution in [0.3, 0.4) is 0 Å². The van der Waals surface area contributed by atoms with Gasteiger partial charge in [-0.15, -0.1) is 0 Å². The topological polar surface area (TPSA) is 128 Å². The third-order valence-electron chi connectivity index (χ3n) is 4.44. The van der Waals surface area contributed by atoms with Gasteiger partial charge in [-0.2, -0.15) is 5.10 Å². The van der Waals surface area contributed by atoms with Crippen molar-refractivity contribution in [3.8, 4) is 0 Å². The highest BCUT2D eigenvalue weighted by Crippen LogP contribution is 2.26. The second-order valence-electron chi connectivity index (χ2n) is 7.35. The van der Waals surface area contributed by atoms with Gasteiger partial charge in [0.25, 0.3) is 11.6 Å². The Morgan fingerprint density at radius 2 is 2.12 bits per heavy atom. The number of aromatic nitrogens is 4. The fourth-order valence-electron chi connectivity index (χ4n) is 2.90. The third kappa shape index (κ3) is 5.65. The van der Waals surface area contributed by atoms with Crippen LogP contribution in [-0.4, -0.2) is 49.4 Å². The second-order valence-corrected chi connectivity index (χ2v) is 8.99. The van der Waals surface area contributed by atoms with Gasteiger partial charge in [-0.1, -0.05) is 44.1 Å². The molecule has 0 radical (unpaired) electrons. The number of amides is 1. The highest BCUT2D eigenvalue weighted by molar-refractivity contribution is 7.99. The molecule has 32 heavy (non-hydrogen) atoms. The van der Waals surface area contributed by atoms with Gasteiger partial charge in [0.2, 0.25) is 0 Å². The average molecular weight is 478 g/mol. The number of fused-ring (bicyclic) bond motifs is 1. The summed E-state index contributed by atoms with van der Waals surface area (Å²) in [5.41, 5.74) is 0.533. The fourth-order valence-corrected chi connectivity index (χ4v) is 3.65. The highest BCUT2D eigenvalue weighted by Gasteiger charge is 2.17. The Morgan fingerprint density at radius 3 is 2.81 bits per heavy atom. The number of carbonyl (C=O) groups is 1. The predicted octanol–water partition coefficient (Wildman–Crippen LogP) is 4.00. The Kier molecular flexibility index (Phi) is 7.86. The first-order chi connectivity index (χ1) is 15.3. The molecule has 0 aliphatic carbocycles. The van der Waals surface area contributed by atoms with Crippen molar-refractivity contribution in [1.29, 1.82) is 0 Å². The van der Waals surface area contributed by atoms with Gasteiger partial charge in [-0.25, -0.2) is 14.6 Å². The van der Waals surface area contributed by atoms with E-state index in [4.69, 9.17) is 11.6 Å². The van der Waals surface area contributed by atoms with Crippen molar-refractivity contribution in [3.63, 3.8) is 0 Å². The quantitative estimate of drug-likeness (QED) is 0.194. The molecule has 0 unspecified atom stereocenters. The average Bonchev–Trinajstić information content (AvgIpc) is 3.15. The Morgan fingerprint density at radius 1 is 1.34 bits per heavy atom. The summed E-state index contributed by atoms with van der Waals surface area (Å²) >= 11 is 7.35. The zero-order valence-corrected chi connectivity index (χ0v) is 19.5. The molecule has 2 N–H and O–H groups in total. The lowest BCUT2D eigenvalue weighted by molar-refractivity contribution is -0.384. The van der Waals surface area contributed by atoms with E-state index in [1.54, 1.807) is 22.6 Å². The lowest BCUT2D eigenvalue weighted by Gasteiger charge is -2.11. The maximum absolute atomic E-state index is 12.4. The summed E-state index contributed by atoms with van der Waals surface area (Å²) in [6.07, 6.45) is 1.71. The Bertz CT molecular complexity index is 1140. The van der Waals surface area contributed by atoms with Crippen LogP contribution in [0.5, 0.6) is 0 Å². The molecular weight excluding hydrogens is 454 g/mol. The standard InChI is InChI=1S/C20H24ClN7O3S/c1-4-32-20-25-17(23-10-12(2)3)14-11-24-27(18(14)26-20)8-7-22-19(29)13-5-6-15(21)16(9-13)28(30)31/h5-6,9,11-12H,4,7-8,10H2,1-3H3,(H,22,29)(H,23,25,26). The molecule has 1 amide bonds. The molecule has 0 aliphatic rings. The van der Waals surface area contributed by atoms with E-state index in [-0.39, 0.29) is 22.8 Å². The summed E-state index contributed by atoms with van der Waals surface area (Å²) in [5.74, 6) is 1.60. The van der Waals surface area contributed by atoms with Crippen LogP contribution in [-0.2, 0) is 6.54 Å². The van der Waals surface area contributed by atoms with E-state index in [1.807, 2.05) is 6.92 Å². The van der Waals surface area contributed by atoms with Crippen LogP contribution in [0.25, 0.3) is 11.0 Å². The molecule has 0 saturated heterocycles. The number of anilines is 1. The molecule has 0 spiro atoms. The van der Waals surface area contributed by atoms with Crippen molar-refractivity contribution in [3.05, 3.63) is 45.1 Å². The molecule has 0 atom stereocenters. The summed E-state index contributed by atoms with van der Waals surface area (Å²) in [6, 6.07) is 3.95. The SMILES string of the molecule is CCSc1nc(NCC(C)C)c2cnn(CCNC(=O)c3ccc(Cl)c([N+](=O)[O-])c3)c2n1. The summed E-state index contributed by atoms with van der Waals surface area (Å²) in [7, 11) is 0. The largest absolute Gasteiger partial charge is 0.369 e. The number of halogens is 1. The van der Waals surface area contributed by atoms with Crippen molar-refractivity contribution < 1.29 is 9.72 Å². The number of nitrogens with zero attached hydrogens (tertiary/aromatic N) is 5. The lowest BCUT2D eigenvalue weighted by Crippen LogP contribution is -2.27. The predicted molar refractivity (Wildman–Crippen MR) is 125 cm³/mol. The van der Waals surface area contributed by atoms with Gasteiger partial charge in [0, 0.05) is 24.7 Å². The maximum atomic E-state index is 12.4. The molecule has 0 fully saturated rings. The molecule has 0 saturated carbocycles. The van der Waals surface area contributed by atoms with E-state index in [1.165, 1.54) is 12.1 Å². The van der Waals surface area contributed by atoms with Gasteiger partial charge < -0.3 is 10.6 Å². The van der Waals surface area contributed by atoms with Crippen molar-refractivity contribution in [2.24, 2.45) is 5.92 Å². The van der Waals surface area contributed by atoms with E-state index >= 15 is 0 Å². The lowest BCUT2D eigenvalue weighted by atomic mass is 10.2. The first kappa shape index (κ1) is 23.7. The number of hydrogen-bond donors (Lipinski definition) is 2. The molecule has 12 heteroatoms. The maximum Gasteiger partial charge on any atom is 0.288 e. The summed E-state index contributed by atoms with van der Waals surface area (Å²) in [5, 5.41) is 23.0. The summed E-state index contributed by atoms with van der Waals surface area (Å²) in [6.45, 7) is 7.69. The summed E-state index contributed by atoms with van der Waals surface area (Å²) in [4.78, 5) is 32.1. The monoisotopic (exact) mass is 477 g/mol. The van der Waals surface area contributed by atoms with Crippen LogP contribution in [0.4, 0.5) is 11.5 Å². The van der Waals surface area contributed by atoms with E-state index in [9.17, 15) is 14.9 Å². The van der Waals surface area contributed by atoms with Crippen molar-refractivity contribution >= 4 is 51.8 Å². The Labute approximate surface area is 194 Å². The zero-order valence-electron chi connectivity index (χ0n) is 18.0. The van der Waals surface area contributed by atoms with E-state index < -0.39 is 10.8 Å². The molecule has 2 heterocycles. The molecule has 170 valence electrons. The Balaban J connectivity index is 1.74. The molecule has 2 aromatic heterocycles. The molecule has 1 aromatic carbocycles. The van der Waals surface area contributed by atoms with E-state index in [2.05, 4.69) is 39.5 Å². The van der Waals surface area contributed by atoms with Gasteiger partial charge in [0.15, 0.2) is 10.8 Å².